The number of allylic oxidation sites excluding steroid dienone is 2. The lowest BCUT2D eigenvalue weighted by molar-refractivity contribution is -0.146. The van der Waals surface area contributed by atoms with E-state index in [-0.39, 0.29) is 0 Å². The van der Waals surface area contributed by atoms with Crippen molar-refractivity contribution < 1.29 is 14.3 Å². The van der Waals surface area contributed by atoms with E-state index in [1.807, 2.05) is 0 Å². The van der Waals surface area contributed by atoms with Crippen LogP contribution in [-0.2, 0) is 14.3 Å². The molecule has 11 heavy (non-hydrogen) atoms. The van der Waals surface area contributed by atoms with Crippen molar-refractivity contribution in [2.45, 2.75) is 13.8 Å². The minimum atomic E-state index is -0.805. The highest BCUT2D eigenvalue weighted by Gasteiger charge is 2.31. The lowest BCUT2D eigenvalue weighted by Gasteiger charge is -1.94. The van der Waals surface area contributed by atoms with Gasteiger partial charge in [-0.1, -0.05) is 6.58 Å². The summed E-state index contributed by atoms with van der Waals surface area (Å²) in [5.41, 5.74) is 0.883. The van der Waals surface area contributed by atoms with Crippen LogP contribution in [0.3, 0.4) is 0 Å². The van der Waals surface area contributed by atoms with Crippen molar-refractivity contribution in [2.24, 2.45) is 0 Å². The Balaban J connectivity index is 3.11. The normalized spacial score (nSPS) is 17.3. The van der Waals surface area contributed by atoms with Gasteiger partial charge in [-0.3, -0.25) is 4.79 Å². The van der Waals surface area contributed by atoms with Crippen LogP contribution in [0.15, 0.2) is 23.5 Å². The highest BCUT2D eigenvalue weighted by Crippen LogP contribution is 2.21. The average Bonchev–Trinajstić information content (AvgIpc) is 2.07. The Morgan fingerprint density at radius 1 is 1.45 bits per heavy atom. The zero-order valence-corrected chi connectivity index (χ0v) is 6.43. The second kappa shape index (κ2) is 2.34. The van der Waals surface area contributed by atoms with E-state index in [0.29, 0.717) is 16.9 Å². The van der Waals surface area contributed by atoms with Crippen LogP contribution in [-0.4, -0.2) is 11.8 Å². The number of rotatable bonds is 1. The lowest BCUT2D eigenvalue weighted by atomic mass is 10.1. The van der Waals surface area contributed by atoms with Crippen LogP contribution < -0.4 is 0 Å². The van der Waals surface area contributed by atoms with Crippen molar-refractivity contribution >= 4 is 11.8 Å². The molecule has 1 heterocycles. The van der Waals surface area contributed by atoms with Gasteiger partial charge in [-0.25, -0.2) is 4.79 Å². The van der Waals surface area contributed by atoms with Gasteiger partial charge in [0.05, 0.1) is 5.57 Å². The quantitative estimate of drug-likeness (QED) is 0.415. The molecule has 0 radical (unpaired) electrons. The van der Waals surface area contributed by atoms with Gasteiger partial charge in [0, 0.05) is 0 Å². The molecular formula is C8H8O3. The molecule has 0 saturated heterocycles. The molecule has 1 rings (SSSR count). The second-order valence-corrected chi connectivity index (χ2v) is 2.43. The standard InChI is InChI=1S/C8H8O3/c1-4(2)6-5(3)11-8(10)7(6)9/h1H2,2-3H3. The molecule has 0 aromatic carbocycles. The van der Waals surface area contributed by atoms with E-state index in [2.05, 4.69) is 11.3 Å². The Labute approximate surface area is 64.3 Å². The van der Waals surface area contributed by atoms with E-state index in [9.17, 15) is 9.59 Å². The summed E-state index contributed by atoms with van der Waals surface area (Å²) in [6.07, 6.45) is 0. The number of carbonyl (C=O) groups is 2. The highest BCUT2D eigenvalue weighted by atomic mass is 16.5. The van der Waals surface area contributed by atoms with Gasteiger partial charge in [0.15, 0.2) is 0 Å². The number of hydrogen-bond donors (Lipinski definition) is 0. The maximum absolute atomic E-state index is 11.0. The van der Waals surface area contributed by atoms with E-state index in [4.69, 9.17) is 0 Å². The fraction of sp³-hybridized carbons (Fsp3) is 0.250. The minimum absolute atomic E-state index is 0.315. The zero-order chi connectivity index (χ0) is 8.59. The first-order valence-electron chi connectivity index (χ1n) is 3.17. The summed E-state index contributed by atoms with van der Waals surface area (Å²) in [5, 5.41) is 0. The van der Waals surface area contributed by atoms with E-state index in [1.165, 1.54) is 0 Å². The van der Waals surface area contributed by atoms with Gasteiger partial charge in [-0.05, 0) is 19.4 Å². The zero-order valence-electron chi connectivity index (χ0n) is 6.43. The molecule has 0 spiro atoms. The van der Waals surface area contributed by atoms with Crippen molar-refractivity contribution in [3.63, 3.8) is 0 Å². The molecule has 0 bridgehead atoms. The minimum Gasteiger partial charge on any atom is -0.425 e. The van der Waals surface area contributed by atoms with Crippen molar-refractivity contribution in [1.29, 1.82) is 0 Å². The molecule has 0 amide bonds. The van der Waals surface area contributed by atoms with Gasteiger partial charge in [-0.15, -0.1) is 0 Å². The van der Waals surface area contributed by atoms with Gasteiger partial charge in [0.2, 0.25) is 0 Å². The monoisotopic (exact) mass is 152 g/mol. The summed E-state index contributed by atoms with van der Waals surface area (Å²) < 4.78 is 4.58. The molecule has 0 fully saturated rings. The predicted molar refractivity (Wildman–Crippen MR) is 38.6 cm³/mol. The first kappa shape index (κ1) is 7.72. The van der Waals surface area contributed by atoms with Crippen molar-refractivity contribution in [1.82, 2.24) is 0 Å². The molecule has 0 atom stereocenters. The highest BCUT2D eigenvalue weighted by molar-refractivity contribution is 6.43. The van der Waals surface area contributed by atoms with Crippen LogP contribution in [0.1, 0.15) is 13.8 Å². The molecule has 0 aromatic rings. The number of ketones is 1. The molecule has 58 valence electrons. The molecule has 0 aliphatic carbocycles. The third-order valence-corrected chi connectivity index (χ3v) is 1.44. The Bertz CT molecular complexity index is 284. The average molecular weight is 152 g/mol. The Kier molecular flexibility index (Phi) is 1.64. The number of Topliss-reactive ketones (excluding diaryl/α,β-unsaturated/α-hetero) is 1. The summed E-state index contributed by atoms with van der Waals surface area (Å²) >= 11 is 0. The topological polar surface area (TPSA) is 43.4 Å². The molecular weight excluding hydrogens is 144 g/mol. The first-order valence-corrected chi connectivity index (χ1v) is 3.17. The Morgan fingerprint density at radius 2 is 2.00 bits per heavy atom. The van der Waals surface area contributed by atoms with Crippen LogP contribution >= 0.6 is 0 Å². The van der Waals surface area contributed by atoms with E-state index < -0.39 is 11.8 Å². The van der Waals surface area contributed by atoms with E-state index in [1.54, 1.807) is 13.8 Å². The van der Waals surface area contributed by atoms with Crippen LogP contribution in [0.25, 0.3) is 0 Å². The summed E-state index contributed by atoms with van der Waals surface area (Å²) in [6.45, 7) is 6.80. The summed E-state index contributed by atoms with van der Waals surface area (Å²) in [5.74, 6) is -1.04. The van der Waals surface area contributed by atoms with Crippen LogP contribution in [0.5, 0.6) is 0 Å². The smallest absolute Gasteiger partial charge is 0.384 e. The fourth-order valence-corrected chi connectivity index (χ4v) is 0.993. The lowest BCUT2D eigenvalue weighted by Crippen LogP contribution is -2.09. The maximum Gasteiger partial charge on any atom is 0.384 e. The van der Waals surface area contributed by atoms with Gasteiger partial charge in [-0.2, -0.15) is 0 Å². The van der Waals surface area contributed by atoms with Crippen LogP contribution in [0.4, 0.5) is 0 Å². The number of hydrogen-bond acceptors (Lipinski definition) is 3. The van der Waals surface area contributed by atoms with E-state index >= 15 is 0 Å². The number of cyclic esters (lactones) is 1. The maximum atomic E-state index is 11.0. The Hall–Kier alpha value is -1.38. The molecule has 1 aliphatic rings. The van der Waals surface area contributed by atoms with Crippen LogP contribution in [0, 0.1) is 0 Å². The number of carbonyl (C=O) groups excluding carboxylic acids is 2. The third-order valence-electron chi connectivity index (χ3n) is 1.44. The van der Waals surface area contributed by atoms with Gasteiger partial charge in [0.1, 0.15) is 5.76 Å². The summed E-state index contributed by atoms with van der Waals surface area (Å²) in [7, 11) is 0. The molecule has 1 aliphatic heterocycles. The summed E-state index contributed by atoms with van der Waals surface area (Å²) in [4.78, 5) is 21.6. The summed E-state index contributed by atoms with van der Waals surface area (Å²) in [6, 6.07) is 0. The van der Waals surface area contributed by atoms with Crippen molar-refractivity contribution in [2.75, 3.05) is 0 Å². The second-order valence-electron chi connectivity index (χ2n) is 2.43. The van der Waals surface area contributed by atoms with Gasteiger partial charge in [0.25, 0.3) is 5.78 Å². The molecule has 0 N–H and O–H groups in total. The van der Waals surface area contributed by atoms with Gasteiger partial charge >= 0.3 is 5.97 Å². The molecule has 0 aromatic heterocycles. The number of esters is 1. The first-order chi connectivity index (χ1) is 5.04. The molecule has 0 saturated carbocycles. The largest absolute Gasteiger partial charge is 0.425 e. The molecule has 3 heteroatoms. The predicted octanol–water partition coefficient (Wildman–Crippen LogP) is 0.962. The number of ether oxygens (including phenoxy) is 1. The van der Waals surface area contributed by atoms with Crippen LogP contribution in [0.2, 0.25) is 0 Å². The van der Waals surface area contributed by atoms with E-state index in [0.717, 1.165) is 0 Å². The van der Waals surface area contributed by atoms with Crippen molar-refractivity contribution in [3.8, 4) is 0 Å². The SMILES string of the molecule is C=C(C)C1=C(C)OC(=O)C1=O. The Morgan fingerprint density at radius 3 is 2.18 bits per heavy atom. The van der Waals surface area contributed by atoms with Gasteiger partial charge < -0.3 is 4.74 Å². The fourth-order valence-electron chi connectivity index (χ4n) is 0.993. The van der Waals surface area contributed by atoms with Crippen molar-refractivity contribution in [3.05, 3.63) is 23.5 Å². The molecule has 3 nitrogen and oxygen atoms in total. The third kappa shape index (κ3) is 1.09. The molecule has 0 unspecified atom stereocenters.